The number of nitriles is 1. The highest BCUT2D eigenvalue weighted by Gasteiger charge is 2.12. The molecular weight excluding hydrogens is 302 g/mol. The maximum atomic E-state index is 9.20. The summed E-state index contributed by atoms with van der Waals surface area (Å²) >= 11 is 3.47. The zero-order valence-corrected chi connectivity index (χ0v) is 11.8. The van der Waals surface area contributed by atoms with Gasteiger partial charge >= 0.3 is 0 Å². The zero-order chi connectivity index (χ0) is 13.4. The molecule has 0 spiro atoms. The van der Waals surface area contributed by atoms with Gasteiger partial charge in [-0.15, -0.1) is 0 Å². The van der Waals surface area contributed by atoms with Crippen molar-refractivity contribution in [1.29, 1.82) is 5.26 Å². The Hall–Kier alpha value is -2.12. The third-order valence-corrected chi connectivity index (χ3v) is 3.62. The summed E-state index contributed by atoms with van der Waals surface area (Å²) in [7, 11) is 1.96. The van der Waals surface area contributed by atoms with Crippen molar-refractivity contribution in [3.63, 3.8) is 0 Å². The van der Waals surface area contributed by atoms with E-state index >= 15 is 0 Å². The Labute approximate surface area is 119 Å². The highest BCUT2D eigenvalue weighted by molar-refractivity contribution is 9.10. The standard InChI is InChI=1S/C15H10BrN3/c1-19-14-8-11(16)6-7-13(14)18-15(19)12-5-3-2-4-10(12)9-17/h2-8H,1H3. The second-order valence-corrected chi connectivity index (χ2v) is 5.20. The van der Waals surface area contributed by atoms with Crippen LogP contribution in [-0.2, 0) is 7.05 Å². The minimum Gasteiger partial charge on any atom is -0.327 e. The molecule has 1 heterocycles. The molecule has 3 nitrogen and oxygen atoms in total. The van der Waals surface area contributed by atoms with Gasteiger partial charge in [0.05, 0.1) is 22.7 Å². The SMILES string of the molecule is Cn1c(-c2ccccc2C#N)nc2ccc(Br)cc21. The normalized spacial score (nSPS) is 10.6. The van der Waals surface area contributed by atoms with Crippen LogP contribution in [0.2, 0.25) is 0 Å². The molecule has 1 aromatic heterocycles. The number of nitrogens with zero attached hydrogens (tertiary/aromatic N) is 3. The van der Waals surface area contributed by atoms with Gasteiger partial charge in [0.15, 0.2) is 0 Å². The van der Waals surface area contributed by atoms with E-state index in [9.17, 15) is 5.26 Å². The van der Waals surface area contributed by atoms with Crippen molar-refractivity contribution in [3.8, 4) is 17.5 Å². The maximum absolute atomic E-state index is 9.20. The zero-order valence-electron chi connectivity index (χ0n) is 10.3. The summed E-state index contributed by atoms with van der Waals surface area (Å²) in [4.78, 5) is 4.62. The minimum absolute atomic E-state index is 0.639. The van der Waals surface area contributed by atoms with Gasteiger partial charge in [-0.05, 0) is 30.3 Å². The molecule has 0 aliphatic carbocycles. The number of imidazole rings is 1. The summed E-state index contributed by atoms with van der Waals surface area (Å²) in [6.07, 6.45) is 0. The first-order valence-corrected chi connectivity index (χ1v) is 6.61. The Morgan fingerprint density at radius 1 is 1.21 bits per heavy atom. The smallest absolute Gasteiger partial charge is 0.142 e. The van der Waals surface area contributed by atoms with E-state index in [1.807, 2.05) is 54.1 Å². The van der Waals surface area contributed by atoms with Crippen molar-refractivity contribution in [3.05, 3.63) is 52.5 Å². The number of hydrogen-bond acceptors (Lipinski definition) is 2. The number of fused-ring (bicyclic) bond motifs is 1. The van der Waals surface area contributed by atoms with E-state index in [0.29, 0.717) is 5.56 Å². The molecule has 0 bridgehead atoms. The van der Waals surface area contributed by atoms with Crippen molar-refractivity contribution in [1.82, 2.24) is 9.55 Å². The van der Waals surface area contributed by atoms with Crippen LogP contribution in [0, 0.1) is 11.3 Å². The van der Waals surface area contributed by atoms with Crippen molar-refractivity contribution >= 4 is 27.0 Å². The van der Waals surface area contributed by atoms with Crippen LogP contribution in [0.25, 0.3) is 22.4 Å². The minimum atomic E-state index is 0.639. The van der Waals surface area contributed by atoms with Crippen LogP contribution in [0.15, 0.2) is 46.9 Å². The van der Waals surface area contributed by atoms with Crippen molar-refractivity contribution in [2.45, 2.75) is 0 Å². The molecule has 0 aliphatic rings. The molecule has 92 valence electrons. The van der Waals surface area contributed by atoms with E-state index in [4.69, 9.17) is 0 Å². The Morgan fingerprint density at radius 2 is 2.00 bits per heavy atom. The fourth-order valence-electron chi connectivity index (χ4n) is 2.18. The van der Waals surface area contributed by atoms with Gasteiger partial charge in [0.25, 0.3) is 0 Å². The summed E-state index contributed by atoms with van der Waals surface area (Å²) in [5.41, 5.74) is 3.46. The first-order chi connectivity index (χ1) is 9.20. The predicted molar refractivity (Wildman–Crippen MR) is 78.6 cm³/mol. The molecule has 0 atom stereocenters. The molecule has 0 saturated heterocycles. The lowest BCUT2D eigenvalue weighted by atomic mass is 10.1. The van der Waals surface area contributed by atoms with E-state index in [2.05, 4.69) is 27.0 Å². The monoisotopic (exact) mass is 311 g/mol. The van der Waals surface area contributed by atoms with Crippen LogP contribution >= 0.6 is 15.9 Å². The third kappa shape index (κ3) is 1.92. The second-order valence-electron chi connectivity index (χ2n) is 4.28. The van der Waals surface area contributed by atoms with E-state index in [1.165, 1.54) is 0 Å². The summed E-state index contributed by atoms with van der Waals surface area (Å²) in [5.74, 6) is 0.810. The number of hydrogen-bond donors (Lipinski definition) is 0. The van der Waals surface area contributed by atoms with E-state index in [-0.39, 0.29) is 0 Å². The third-order valence-electron chi connectivity index (χ3n) is 3.13. The Kier molecular flexibility index (Phi) is 2.84. The summed E-state index contributed by atoms with van der Waals surface area (Å²) in [5, 5.41) is 9.20. The molecule has 4 heteroatoms. The van der Waals surface area contributed by atoms with Crippen LogP contribution in [-0.4, -0.2) is 9.55 Å². The Morgan fingerprint density at radius 3 is 2.79 bits per heavy atom. The number of halogens is 1. The van der Waals surface area contributed by atoms with Gasteiger partial charge in [-0.3, -0.25) is 0 Å². The molecule has 19 heavy (non-hydrogen) atoms. The van der Waals surface area contributed by atoms with E-state index < -0.39 is 0 Å². The van der Waals surface area contributed by atoms with Gasteiger partial charge in [-0.1, -0.05) is 28.1 Å². The fraction of sp³-hybridized carbons (Fsp3) is 0.0667. The molecule has 0 N–H and O–H groups in total. The van der Waals surface area contributed by atoms with Crippen LogP contribution in [0.4, 0.5) is 0 Å². The second kappa shape index (κ2) is 4.52. The lowest BCUT2D eigenvalue weighted by Gasteiger charge is -2.04. The number of aryl methyl sites for hydroxylation is 1. The first-order valence-electron chi connectivity index (χ1n) is 5.82. The van der Waals surface area contributed by atoms with Crippen LogP contribution in [0.3, 0.4) is 0 Å². The Balaban J connectivity index is 2.32. The molecule has 3 rings (SSSR count). The molecule has 0 amide bonds. The van der Waals surface area contributed by atoms with Crippen molar-refractivity contribution in [2.75, 3.05) is 0 Å². The van der Waals surface area contributed by atoms with Crippen molar-refractivity contribution < 1.29 is 0 Å². The van der Waals surface area contributed by atoms with Gasteiger partial charge in [0, 0.05) is 17.1 Å². The highest BCUT2D eigenvalue weighted by Crippen LogP contribution is 2.27. The number of rotatable bonds is 1. The van der Waals surface area contributed by atoms with Crippen LogP contribution < -0.4 is 0 Å². The van der Waals surface area contributed by atoms with Gasteiger partial charge in [-0.25, -0.2) is 4.98 Å². The summed E-state index contributed by atoms with van der Waals surface area (Å²) in [6.45, 7) is 0. The molecule has 0 fully saturated rings. The van der Waals surface area contributed by atoms with Gasteiger partial charge < -0.3 is 4.57 Å². The molecule has 0 saturated carbocycles. The molecule has 0 unspecified atom stereocenters. The van der Waals surface area contributed by atoms with E-state index in [1.54, 1.807) is 0 Å². The Bertz CT molecular complexity index is 812. The molecule has 0 aliphatic heterocycles. The average molecular weight is 312 g/mol. The topological polar surface area (TPSA) is 41.6 Å². The van der Waals surface area contributed by atoms with Gasteiger partial charge in [0.2, 0.25) is 0 Å². The van der Waals surface area contributed by atoms with Gasteiger partial charge in [-0.2, -0.15) is 5.26 Å². The highest BCUT2D eigenvalue weighted by atomic mass is 79.9. The molecular formula is C15H10BrN3. The molecule has 0 radical (unpaired) electrons. The predicted octanol–water partition coefficient (Wildman–Crippen LogP) is 3.87. The summed E-state index contributed by atoms with van der Waals surface area (Å²) < 4.78 is 3.03. The lowest BCUT2D eigenvalue weighted by molar-refractivity contribution is 0.958. The summed E-state index contributed by atoms with van der Waals surface area (Å²) in [6, 6.07) is 15.7. The van der Waals surface area contributed by atoms with Crippen molar-refractivity contribution in [2.24, 2.45) is 7.05 Å². The molecule has 3 aromatic rings. The average Bonchev–Trinajstić information content (AvgIpc) is 2.76. The van der Waals surface area contributed by atoms with E-state index in [0.717, 1.165) is 26.9 Å². The van der Waals surface area contributed by atoms with Gasteiger partial charge in [0.1, 0.15) is 5.82 Å². The maximum Gasteiger partial charge on any atom is 0.142 e. The fourth-order valence-corrected chi connectivity index (χ4v) is 2.53. The first kappa shape index (κ1) is 11.9. The number of benzene rings is 2. The lowest BCUT2D eigenvalue weighted by Crippen LogP contribution is -1.94. The molecule has 2 aromatic carbocycles. The quantitative estimate of drug-likeness (QED) is 0.684. The van der Waals surface area contributed by atoms with Crippen LogP contribution in [0.1, 0.15) is 5.56 Å². The van der Waals surface area contributed by atoms with Crippen LogP contribution in [0.5, 0.6) is 0 Å². The number of aromatic nitrogens is 2. The largest absolute Gasteiger partial charge is 0.327 e.